The van der Waals surface area contributed by atoms with Crippen LogP contribution in [0.4, 0.5) is 5.95 Å². The third-order valence-corrected chi connectivity index (χ3v) is 2.00. The molecule has 0 unspecified atom stereocenters. The van der Waals surface area contributed by atoms with E-state index in [0.717, 1.165) is 12.4 Å². The highest BCUT2D eigenvalue weighted by Crippen LogP contribution is 2.00. The van der Waals surface area contributed by atoms with Gasteiger partial charge in [-0.3, -0.25) is 0 Å². The second-order valence-electron chi connectivity index (χ2n) is 2.93. The van der Waals surface area contributed by atoms with Crippen molar-refractivity contribution in [3.63, 3.8) is 0 Å². The van der Waals surface area contributed by atoms with E-state index in [1.54, 1.807) is 17.2 Å². The fourth-order valence-electron chi connectivity index (χ4n) is 1.31. The van der Waals surface area contributed by atoms with Crippen LogP contribution < -0.4 is 5.73 Å². The lowest BCUT2D eigenvalue weighted by atomic mass is 10.5. The standard InChI is InChI=1S/C8H12N6/c1-2-13-4-3-10-7(13)5-14-6-11-8(9)12-14/h3-4,6H,2,5H2,1H3,(H2,9,12). The Hall–Kier alpha value is -1.85. The Morgan fingerprint density at radius 1 is 1.43 bits per heavy atom. The first-order valence-electron chi connectivity index (χ1n) is 4.44. The van der Waals surface area contributed by atoms with Gasteiger partial charge in [-0.15, -0.1) is 5.10 Å². The van der Waals surface area contributed by atoms with Crippen LogP contribution in [-0.2, 0) is 13.1 Å². The number of anilines is 1. The Balaban J connectivity index is 2.18. The maximum absolute atomic E-state index is 5.41. The van der Waals surface area contributed by atoms with Gasteiger partial charge in [0.1, 0.15) is 18.7 Å². The molecular formula is C8H12N6. The van der Waals surface area contributed by atoms with Crippen molar-refractivity contribution < 1.29 is 0 Å². The fraction of sp³-hybridized carbons (Fsp3) is 0.375. The SMILES string of the molecule is CCn1ccnc1Cn1cnc(N)n1. The second kappa shape index (κ2) is 3.49. The minimum atomic E-state index is 0.291. The number of aryl methyl sites for hydroxylation is 1. The first-order chi connectivity index (χ1) is 6.79. The molecule has 2 aromatic heterocycles. The van der Waals surface area contributed by atoms with Crippen molar-refractivity contribution >= 4 is 5.95 Å². The summed E-state index contributed by atoms with van der Waals surface area (Å²) >= 11 is 0. The summed E-state index contributed by atoms with van der Waals surface area (Å²) in [7, 11) is 0. The highest BCUT2D eigenvalue weighted by Gasteiger charge is 2.03. The molecule has 0 saturated carbocycles. The van der Waals surface area contributed by atoms with E-state index in [0.29, 0.717) is 12.5 Å². The molecule has 0 amide bonds. The maximum Gasteiger partial charge on any atom is 0.239 e. The van der Waals surface area contributed by atoms with E-state index in [2.05, 4.69) is 26.6 Å². The minimum absolute atomic E-state index is 0.291. The average Bonchev–Trinajstić information content (AvgIpc) is 2.76. The molecule has 2 heterocycles. The van der Waals surface area contributed by atoms with Crippen molar-refractivity contribution in [1.29, 1.82) is 0 Å². The van der Waals surface area contributed by atoms with Gasteiger partial charge in [0, 0.05) is 18.9 Å². The molecule has 0 saturated heterocycles. The Morgan fingerprint density at radius 3 is 2.93 bits per heavy atom. The Bertz CT molecular complexity index is 415. The lowest BCUT2D eigenvalue weighted by Crippen LogP contribution is -2.08. The van der Waals surface area contributed by atoms with Gasteiger partial charge >= 0.3 is 0 Å². The van der Waals surface area contributed by atoms with Crippen molar-refractivity contribution in [2.45, 2.75) is 20.0 Å². The Labute approximate surface area is 81.4 Å². The smallest absolute Gasteiger partial charge is 0.239 e. The lowest BCUT2D eigenvalue weighted by Gasteiger charge is -2.03. The number of nitrogens with zero attached hydrogens (tertiary/aromatic N) is 5. The zero-order valence-corrected chi connectivity index (χ0v) is 7.96. The first-order valence-corrected chi connectivity index (χ1v) is 4.44. The topological polar surface area (TPSA) is 74.5 Å². The summed E-state index contributed by atoms with van der Waals surface area (Å²) in [6, 6.07) is 0. The predicted octanol–water partition coefficient (Wildman–Crippen LogP) is 0.125. The molecule has 6 heteroatoms. The molecule has 0 aliphatic heterocycles. The van der Waals surface area contributed by atoms with Crippen molar-refractivity contribution in [1.82, 2.24) is 24.3 Å². The van der Waals surface area contributed by atoms with E-state index >= 15 is 0 Å². The van der Waals surface area contributed by atoms with Crippen molar-refractivity contribution in [2.24, 2.45) is 0 Å². The van der Waals surface area contributed by atoms with E-state index in [-0.39, 0.29) is 0 Å². The highest BCUT2D eigenvalue weighted by atomic mass is 15.4. The molecule has 6 nitrogen and oxygen atoms in total. The van der Waals surface area contributed by atoms with Crippen LogP contribution in [0.5, 0.6) is 0 Å². The van der Waals surface area contributed by atoms with Gasteiger partial charge in [0.2, 0.25) is 5.95 Å². The molecule has 0 fully saturated rings. The van der Waals surface area contributed by atoms with Crippen LogP contribution in [-0.4, -0.2) is 24.3 Å². The number of aromatic nitrogens is 5. The van der Waals surface area contributed by atoms with Crippen LogP contribution in [0.1, 0.15) is 12.7 Å². The van der Waals surface area contributed by atoms with Gasteiger partial charge in [0.05, 0.1) is 0 Å². The third-order valence-electron chi connectivity index (χ3n) is 2.00. The van der Waals surface area contributed by atoms with Gasteiger partial charge in [-0.1, -0.05) is 0 Å². The van der Waals surface area contributed by atoms with Gasteiger partial charge in [0.25, 0.3) is 0 Å². The van der Waals surface area contributed by atoms with E-state index in [9.17, 15) is 0 Å². The summed E-state index contributed by atoms with van der Waals surface area (Å²) in [5.74, 6) is 1.25. The summed E-state index contributed by atoms with van der Waals surface area (Å²) in [4.78, 5) is 8.07. The molecule has 0 atom stereocenters. The molecule has 74 valence electrons. The van der Waals surface area contributed by atoms with Crippen molar-refractivity contribution in [3.8, 4) is 0 Å². The zero-order valence-electron chi connectivity index (χ0n) is 7.96. The van der Waals surface area contributed by atoms with Gasteiger partial charge in [-0.2, -0.15) is 0 Å². The average molecular weight is 192 g/mol. The van der Waals surface area contributed by atoms with E-state index in [1.807, 2.05) is 6.20 Å². The monoisotopic (exact) mass is 192 g/mol. The van der Waals surface area contributed by atoms with Crippen LogP contribution in [0.2, 0.25) is 0 Å². The molecule has 2 N–H and O–H groups in total. The lowest BCUT2D eigenvalue weighted by molar-refractivity contribution is 0.607. The van der Waals surface area contributed by atoms with Crippen molar-refractivity contribution in [2.75, 3.05) is 5.73 Å². The van der Waals surface area contributed by atoms with Gasteiger partial charge in [-0.25, -0.2) is 14.6 Å². The Morgan fingerprint density at radius 2 is 2.29 bits per heavy atom. The molecule has 14 heavy (non-hydrogen) atoms. The number of hydrogen-bond donors (Lipinski definition) is 1. The van der Waals surface area contributed by atoms with E-state index in [4.69, 9.17) is 5.73 Å². The zero-order chi connectivity index (χ0) is 9.97. The minimum Gasteiger partial charge on any atom is -0.367 e. The number of nitrogen functional groups attached to an aromatic ring is 1. The molecule has 2 rings (SSSR count). The van der Waals surface area contributed by atoms with E-state index in [1.165, 1.54) is 0 Å². The molecule has 0 aliphatic carbocycles. The normalized spacial score (nSPS) is 10.6. The van der Waals surface area contributed by atoms with Crippen LogP contribution in [0.25, 0.3) is 0 Å². The molecule has 0 aromatic carbocycles. The molecule has 0 radical (unpaired) electrons. The Kier molecular flexibility index (Phi) is 2.18. The quantitative estimate of drug-likeness (QED) is 0.749. The molecule has 0 aliphatic rings. The second-order valence-corrected chi connectivity index (χ2v) is 2.93. The van der Waals surface area contributed by atoms with Crippen LogP contribution in [0.15, 0.2) is 18.7 Å². The summed E-state index contributed by atoms with van der Waals surface area (Å²) in [6.45, 7) is 3.57. The fourth-order valence-corrected chi connectivity index (χ4v) is 1.31. The predicted molar refractivity (Wildman–Crippen MR) is 51.4 cm³/mol. The summed E-state index contributed by atoms with van der Waals surface area (Å²) in [5.41, 5.74) is 5.41. The molecular weight excluding hydrogens is 180 g/mol. The summed E-state index contributed by atoms with van der Waals surface area (Å²) in [5, 5.41) is 3.99. The number of nitrogens with two attached hydrogens (primary N) is 1. The molecule has 0 spiro atoms. The van der Waals surface area contributed by atoms with Crippen LogP contribution in [0.3, 0.4) is 0 Å². The van der Waals surface area contributed by atoms with Crippen LogP contribution in [0, 0.1) is 0 Å². The first kappa shape index (κ1) is 8.74. The summed E-state index contributed by atoms with van der Waals surface area (Å²) < 4.78 is 3.72. The maximum atomic E-state index is 5.41. The van der Waals surface area contributed by atoms with Gasteiger partial charge in [-0.05, 0) is 6.92 Å². The van der Waals surface area contributed by atoms with Gasteiger partial charge < -0.3 is 10.3 Å². The van der Waals surface area contributed by atoms with E-state index < -0.39 is 0 Å². The number of imidazole rings is 1. The summed E-state index contributed by atoms with van der Waals surface area (Å²) in [6.07, 6.45) is 5.32. The number of hydrogen-bond acceptors (Lipinski definition) is 4. The van der Waals surface area contributed by atoms with Crippen LogP contribution >= 0.6 is 0 Å². The highest BCUT2D eigenvalue weighted by molar-refractivity contribution is 5.09. The van der Waals surface area contributed by atoms with Crippen molar-refractivity contribution in [3.05, 3.63) is 24.5 Å². The number of rotatable bonds is 3. The molecule has 2 aromatic rings. The van der Waals surface area contributed by atoms with Gasteiger partial charge in [0.15, 0.2) is 0 Å². The molecule has 0 bridgehead atoms. The third kappa shape index (κ3) is 1.59. The largest absolute Gasteiger partial charge is 0.367 e.